The summed E-state index contributed by atoms with van der Waals surface area (Å²) in [5.74, 6) is 0.244. The van der Waals surface area contributed by atoms with Crippen LogP contribution in [0.5, 0.6) is 5.75 Å². The zero-order valence-electron chi connectivity index (χ0n) is 8.90. The number of hydrogen-bond donors (Lipinski definition) is 1. The van der Waals surface area contributed by atoms with Crippen molar-refractivity contribution < 1.29 is 5.11 Å². The molecule has 0 saturated heterocycles. The first kappa shape index (κ1) is 12.2. The molecule has 0 aromatic heterocycles. The fourth-order valence-electron chi connectivity index (χ4n) is 1.39. The first-order chi connectivity index (χ1) is 8.15. The van der Waals surface area contributed by atoms with Crippen LogP contribution in [0.3, 0.4) is 0 Å². The number of benzene rings is 2. The Morgan fingerprint density at radius 3 is 2.18 bits per heavy atom. The van der Waals surface area contributed by atoms with E-state index in [0.717, 1.165) is 16.1 Å². The second-order valence-corrected chi connectivity index (χ2v) is 4.89. The van der Waals surface area contributed by atoms with Gasteiger partial charge in [-0.05, 0) is 51.3 Å². The van der Waals surface area contributed by atoms with Gasteiger partial charge < -0.3 is 5.11 Å². The fourth-order valence-corrected chi connectivity index (χ4v) is 1.92. The maximum Gasteiger partial charge on any atom is 0.129 e. The van der Waals surface area contributed by atoms with Crippen molar-refractivity contribution in [2.24, 2.45) is 0 Å². The van der Waals surface area contributed by atoms with Gasteiger partial charge in [0.05, 0.1) is 4.47 Å². The van der Waals surface area contributed by atoms with Crippen molar-refractivity contribution in [3.05, 3.63) is 63.1 Å². The lowest BCUT2D eigenvalue weighted by atomic mass is 10.1. The lowest BCUT2D eigenvalue weighted by Gasteiger charge is -1.98. The van der Waals surface area contributed by atoms with Crippen LogP contribution in [0.25, 0.3) is 12.2 Å². The molecule has 3 heteroatoms. The summed E-state index contributed by atoms with van der Waals surface area (Å²) in [6.45, 7) is 0. The number of rotatable bonds is 2. The van der Waals surface area contributed by atoms with Gasteiger partial charge in [0.25, 0.3) is 0 Å². The molecular weight excluding hydrogens is 300 g/mol. The van der Waals surface area contributed by atoms with Crippen molar-refractivity contribution >= 4 is 39.7 Å². The van der Waals surface area contributed by atoms with Gasteiger partial charge >= 0.3 is 0 Å². The normalized spacial score (nSPS) is 10.9. The van der Waals surface area contributed by atoms with Crippen LogP contribution in [0.1, 0.15) is 11.1 Å². The Labute approximate surface area is 113 Å². The molecule has 1 nitrogen and oxygen atoms in total. The van der Waals surface area contributed by atoms with Crippen LogP contribution in [-0.4, -0.2) is 5.11 Å². The van der Waals surface area contributed by atoms with Gasteiger partial charge in [-0.2, -0.15) is 0 Å². The van der Waals surface area contributed by atoms with E-state index in [1.165, 1.54) is 0 Å². The van der Waals surface area contributed by atoms with E-state index in [0.29, 0.717) is 4.47 Å². The van der Waals surface area contributed by atoms with Gasteiger partial charge in [0.2, 0.25) is 0 Å². The SMILES string of the molecule is Oc1ccc(/C=C/c2ccc(Cl)cc2)cc1Br. The van der Waals surface area contributed by atoms with Crippen molar-refractivity contribution in [3.63, 3.8) is 0 Å². The Bertz CT molecular complexity index is 547. The van der Waals surface area contributed by atoms with Crippen LogP contribution in [0.2, 0.25) is 5.02 Å². The Hall–Kier alpha value is -1.25. The standard InChI is InChI=1S/C14H10BrClO/c15-13-9-11(5-8-14(13)17)2-1-10-3-6-12(16)7-4-10/h1-9,17H/b2-1+. The summed E-state index contributed by atoms with van der Waals surface area (Å²) >= 11 is 9.09. The smallest absolute Gasteiger partial charge is 0.129 e. The minimum absolute atomic E-state index is 0.244. The van der Waals surface area contributed by atoms with Gasteiger partial charge in [-0.1, -0.05) is 42.0 Å². The molecule has 0 aliphatic carbocycles. The largest absolute Gasteiger partial charge is 0.507 e. The van der Waals surface area contributed by atoms with E-state index in [-0.39, 0.29) is 5.75 Å². The molecule has 0 unspecified atom stereocenters. The fraction of sp³-hybridized carbons (Fsp3) is 0. The molecule has 0 fully saturated rings. The highest BCUT2D eigenvalue weighted by Gasteiger charge is 1.96. The molecule has 0 spiro atoms. The van der Waals surface area contributed by atoms with Gasteiger partial charge in [0.15, 0.2) is 0 Å². The van der Waals surface area contributed by atoms with Gasteiger partial charge in [-0.15, -0.1) is 0 Å². The highest BCUT2D eigenvalue weighted by Crippen LogP contribution is 2.25. The third-order valence-electron chi connectivity index (χ3n) is 2.31. The molecule has 0 atom stereocenters. The maximum absolute atomic E-state index is 9.37. The van der Waals surface area contributed by atoms with E-state index in [1.54, 1.807) is 6.07 Å². The van der Waals surface area contributed by atoms with E-state index in [2.05, 4.69) is 15.9 Å². The molecule has 1 N–H and O–H groups in total. The zero-order valence-corrected chi connectivity index (χ0v) is 11.2. The predicted molar refractivity (Wildman–Crippen MR) is 76.2 cm³/mol. The number of hydrogen-bond acceptors (Lipinski definition) is 1. The molecule has 0 heterocycles. The second-order valence-electron chi connectivity index (χ2n) is 3.60. The molecule has 0 amide bonds. The molecule has 2 rings (SSSR count). The van der Waals surface area contributed by atoms with Crippen LogP contribution >= 0.6 is 27.5 Å². The van der Waals surface area contributed by atoms with Crippen LogP contribution < -0.4 is 0 Å². The molecule has 0 aliphatic rings. The zero-order chi connectivity index (χ0) is 12.3. The average molecular weight is 310 g/mol. The van der Waals surface area contributed by atoms with Crippen LogP contribution in [0.15, 0.2) is 46.9 Å². The summed E-state index contributed by atoms with van der Waals surface area (Å²) in [6.07, 6.45) is 3.97. The molecule has 0 saturated carbocycles. The van der Waals surface area contributed by atoms with Gasteiger partial charge in [-0.25, -0.2) is 0 Å². The van der Waals surface area contributed by atoms with Crippen molar-refractivity contribution in [2.75, 3.05) is 0 Å². The molecule has 0 aliphatic heterocycles. The minimum atomic E-state index is 0.244. The van der Waals surface area contributed by atoms with Gasteiger partial charge in [0.1, 0.15) is 5.75 Å². The lowest BCUT2D eigenvalue weighted by Crippen LogP contribution is -1.74. The van der Waals surface area contributed by atoms with E-state index >= 15 is 0 Å². The van der Waals surface area contributed by atoms with Crippen LogP contribution in [0.4, 0.5) is 0 Å². The highest BCUT2D eigenvalue weighted by atomic mass is 79.9. The van der Waals surface area contributed by atoms with Crippen LogP contribution in [0, 0.1) is 0 Å². The van der Waals surface area contributed by atoms with E-state index in [9.17, 15) is 5.11 Å². The molecule has 0 radical (unpaired) electrons. The quantitative estimate of drug-likeness (QED) is 0.776. The molecule has 0 bridgehead atoms. The summed E-state index contributed by atoms with van der Waals surface area (Å²) in [5.41, 5.74) is 2.10. The Kier molecular flexibility index (Phi) is 3.87. The first-order valence-electron chi connectivity index (χ1n) is 5.07. The summed E-state index contributed by atoms with van der Waals surface area (Å²) in [4.78, 5) is 0. The number of aromatic hydroxyl groups is 1. The van der Waals surface area contributed by atoms with Crippen molar-refractivity contribution in [2.45, 2.75) is 0 Å². The van der Waals surface area contributed by atoms with Crippen molar-refractivity contribution in [1.82, 2.24) is 0 Å². The summed E-state index contributed by atoms with van der Waals surface area (Å²) < 4.78 is 0.691. The van der Waals surface area contributed by atoms with Crippen molar-refractivity contribution in [1.29, 1.82) is 0 Å². The molecule has 2 aromatic rings. The number of phenolic OH excluding ortho intramolecular Hbond substituents is 1. The molecule has 17 heavy (non-hydrogen) atoms. The van der Waals surface area contributed by atoms with E-state index in [1.807, 2.05) is 48.6 Å². The minimum Gasteiger partial charge on any atom is -0.507 e. The molecule has 2 aromatic carbocycles. The Balaban J connectivity index is 2.20. The summed E-state index contributed by atoms with van der Waals surface area (Å²) in [7, 11) is 0. The topological polar surface area (TPSA) is 20.2 Å². The maximum atomic E-state index is 9.37. The average Bonchev–Trinajstić information content (AvgIpc) is 2.33. The predicted octanol–water partition coefficient (Wildman–Crippen LogP) is 4.98. The van der Waals surface area contributed by atoms with Gasteiger partial charge in [-0.3, -0.25) is 0 Å². The highest BCUT2D eigenvalue weighted by molar-refractivity contribution is 9.10. The number of halogens is 2. The van der Waals surface area contributed by atoms with E-state index in [4.69, 9.17) is 11.6 Å². The molecule has 86 valence electrons. The van der Waals surface area contributed by atoms with Crippen LogP contribution in [-0.2, 0) is 0 Å². The monoisotopic (exact) mass is 308 g/mol. The second kappa shape index (κ2) is 5.39. The van der Waals surface area contributed by atoms with Crippen molar-refractivity contribution in [3.8, 4) is 5.75 Å². The summed E-state index contributed by atoms with van der Waals surface area (Å²) in [6, 6.07) is 13.0. The lowest BCUT2D eigenvalue weighted by molar-refractivity contribution is 0.472. The van der Waals surface area contributed by atoms with E-state index < -0.39 is 0 Å². The third kappa shape index (κ3) is 3.35. The Morgan fingerprint density at radius 1 is 0.941 bits per heavy atom. The Morgan fingerprint density at radius 2 is 1.53 bits per heavy atom. The first-order valence-corrected chi connectivity index (χ1v) is 6.24. The summed E-state index contributed by atoms with van der Waals surface area (Å²) in [5, 5.41) is 10.1. The third-order valence-corrected chi connectivity index (χ3v) is 3.20. The van der Waals surface area contributed by atoms with Gasteiger partial charge in [0, 0.05) is 5.02 Å². The number of phenols is 1. The molecular formula is C14H10BrClO.